The van der Waals surface area contributed by atoms with E-state index >= 15 is 0 Å². The number of pyridine rings is 6. The predicted octanol–water partition coefficient (Wildman–Crippen LogP) is 17.5. The number of amides is 3. The highest BCUT2D eigenvalue weighted by molar-refractivity contribution is 6.02. The number of benzene rings is 4. The Morgan fingerprint density at radius 1 is 0.400 bits per heavy atom. The fourth-order valence-electron chi connectivity index (χ4n) is 13.1. The van der Waals surface area contributed by atoms with Crippen molar-refractivity contribution in [3.63, 3.8) is 0 Å². The SMILES string of the molecule is CCCCNC(=O)n1ccc2c(C(O)c3c[nH]c4ncc(-c5cccnc5)cc34)cccc21.CCCCNC(=O)n1ccc2c(C(O)c3c[nH]c4ncc(-c5cccnc5)cc34)cccc21.CCCCNC(=O)n1ccc2c(C=O)cccc21.O=Cc1cccc2[nH]ccc12.c1cncc(-c2cnc3[nH]ccc3c2)c1. The first kappa shape index (κ1) is 74.5. The minimum absolute atomic E-state index is 0.151. The van der Waals surface area contributed by atoms with Gasteiger partial charge in [-0.3, -0.25) is 38.2 Å². The molecule has 4 aromatic carbocycles. The number of fused-ring (bicyclic) bond motifs is 7. The number of hydrogen-bond donors (Lipinski definition) is 9. The molecule has 23 heteroatoms. The van der Waals surface area contributed by atoms with Gasteiger partial charge >= 0.3 is 18.1 Å². The number of carbonyl (C=O) groups excluding carboxylic acids is 5. The molecular formula is C87H82N16O7. The van der Waals surface area contributed by atoms with E-state index in [9.17, 15) is 34.2 Å². The topological polar surface area (TPSA) is 317 Å². The van der Waals surface area contributed by atoms with E-state index in [1.807, 2.05) is 158 Å². The van der Waals surface area contributed by atoms with Crippen molar-refractivity contribution in [1.29, 1.82) is 0 Å². The Morgan fingerprint density at radius 2 is 0.809 bits per heavy atom. The highest BCUT2D eigenvalue weighted by Crippen LogP contribution is 2.37. The van der Waals surface area contributed by atoms with Gasteiger partial charge in [0, 0.05) is 218 Å². The van der Waals surface area contributed by atoms with Crippen molar-refractivity contribution < 1.29 is 34.2 Å². The van der Waals surface area contributed by atoms with E-state index in [4.69, 9.17) is 0 Å². The molecule has 0 saturated heterocycles. The average Bonchev–Trinajstić information content (AvgIpc) is 1.60. The predicted molar refractivity (Wildman–Crippen MR) is 432 cm³/mol. The van der Waals surface area contributed by atoms with Crippen LogP contribution in [0.15, 0.2) is 257 Å². The summed E-state index contributed by atoms with van der Waals surface area (Å²) in [5.41, 5.74) is 15.9. The van der Waals surface area contributed by atoms with Crippen molar-refractivity contribution in [2.75, 3.05) is 19.6 Å². The van der Waals surface area contributed by atoms with Crippen molar-refractivity contribution in [1.82, 2.24) is 79.5 Å². The van der Waals surface area contributed by atoms with Crippen LogP contribution < -0.4 is 16.0 Å². The second-order valence-electron chi connectivity index (χ2n) is 26.1. The molecule has 0 aliphatic carbocycles. The number of hydrogen-bond acceptors (Lipinski definition) is 13. The first-order valence-electron chi connectivity index (χ1n) is 36.5. The molecule has 9 N–H and O–H groups in total. The number of aliphatic hydroxyl groups excluding tert-OH is 2. The maximum Gasteiger partial charge on any atom is 0.326 e. The van der Waals surface area contributed by atoms with Crippen molar-refractivity contribution >= 4 is 107 Å². The Bertz CT molecular complexity index is 5780. The summed E-state index contributed by atoms with van der Waals surface area (Å²) >= 11 is 0. The summed E-state index contributed by atoms with van der Waals surface area (Å²) in [6.45, 7) is 8.20. The lowest BCUT2D eigenvalue weighted by Gasteiger charge is -2.13. The molecule has 0 aliphatic rings. The maximum atomic E-state index is 12.6. The number of aliphatic hydroxyl groups is 2. The van der Waals surface area contributed by atoms with Gasteiger partial charge in [-0.15, -0.1) is 0 Å². The molecule has 2 atom stereocenters. The van der Waals surface area contributed by atoms with Crippen LogP contribution in [0.2, 0.25) is 0 Å². The van der Waals surface area contributed by atoms with E-state index in [0.29, 0.717) is 36.5 Å². The number of H-pyrrole nitrogens is 4. The summed E-state index contributed by atoms with van der Waals surface area (Å²) in [6, 6.07) is 49.1. The number of aromatic amines is 4. The lowest BCUT2D eigenvalue weighted by atomic mass is 9.97. The summed E-state index contributed by atoms with van der Waals surface area (Å²) in [4.78, 5) is 96.9. The molecule has 13 aromatic heterocycles. The molecule has 0 aliphatic heterocycles. The van der Waals surface area contributed by atoms with Gasteiger partial charge in [0.25, 0.3) is 0 Å². The van der Waals surface area contributed by atoms with Crippen LogP contribution >= 0.6 is 0 Å². The fraction of sp³-hybridized carbons (Fsp3) is 0.161. The highest BCUT2D eigenvalue weighted by atomic mass is 16.3. The molecule has 17 rings (SSSR count). The van der Waals surface area contributed by atoms with Gasteiger partial charge in [-0.2, -0.15) is 0 Å². The molecular weight excluding hydrogens is 1380 g/mol. The minimum Gasteiger partial charge on any atom is -0.384 e. The molecule has 552 valence electrons. The number of unbranched alkanes of at least 4 members (excludes halogenated alkanes) is 3. The molecule has 13 heterocycles. The van der Waals surface area contributed by atoms with Crippen molar-refractivity contribution in [2.24, 2.45) is 0 Å². The second-order valence-corrected chi connectivity index (χ2v) is 26.1. The first-order valence-corrected chi connectivity index (χ1v) is 36.5. The summed E-state index contributed by atoms with van der Waals surface area (Å²) in [7, 11) is 0. The van der Waals surface area contributed by atoms with E-state index in [1.54, 1.807) is 102 Å². The molecule has 0 spiro atoms. The Labute approximate surface area is 632 Å². The van der Waals surface area contributed by atoms with Gasteiger partial charge in [-0.05, 0) is 121 Å². The summed E-state index contributed by atoms with van der Waals surface area (Å²) < 4.78 is 4.73. The van der Waals surface area contributed by atoms with Gasteiger partial charge in [0.1, 0.15) is 29.1 Å². The number of nitrogens with one attached hydrogen (secondary N) is 7. The van der Waals surface area contributed by atoms with Gasteiger partial charge in [0.15, 0.2) is 12.6 Å². The van der Waals surface area contributed by atoms with Gasteiger partial charge < -0.3 is 46.1 Å². The minimum atomic E-state index is -0.882. The molecule has 0 saturated carbocycles. The monoisotopic (exact) mass is 1460 g/mol. The first-order chi connectivity index (χ1) is 54.0. The fourth-order valence-corrected chi connectivity index (χ4v) is 13.1. The third-order valence-electron chi connectivity index (χ3n) is 18.9. The van der Waals surface area contributed by atoms with Crippen LogP contribution in [0, 0.1) is 0 Å². The van der Waals surface area contributed by atoms with E-state index < -0.39 is 12.2 Å². The zero-order chi connectivity index (χ0) is 76.3. The van der Waals surface area contributed by atoms with E-state index in [-0.39, 0.29) is 18.1 Å². The standard InChI is InChI=1S/2C26H25N5O2.C14H16N2O2.C12H9N3.C9H7NO/c2*1-2-3-11-28-26(33)31-12-9-19-20(7-4-8-23(19)31)24(32)22-16-30-25-21(22)13-18(15-29-25)17-6-5-10-27-14-17;1-2-3-8-15-14(18)16-9-7-12-11(10-17)5-4-6-13(12)16;1-2-10(7-13-4-1)11-6-9-3-5-14-12(9)15-8-11;11-6-7-2-1-3-9-8(7)4-5-10-9/h2*4-10,12-16,24,32H,2-3,11H2,1H3,(H,28,33)(H,29,30);4-7,9-10H,2-3,8H2,1H3,(H,15,18);1-8H,(H,14,15);1-6,10H. The highest BCUT2D eigenvalue weighted by Gasteiger charge is 2.23. The molecule has 2 unspecified atom stereocenters. The van der Waals surface area contributed by atoms with E-state index in [0.717, 1.165) is 178 Å². The molecule has 3 amide bonds. The number of aldehydes is 2. The number of nitrogens with zero attached hydrogens (tertiary/aromatic N) is 9. The molecule has 0 fully saturated rings. The zero-order valence-electron chi connectivity index (χ0n) is 60.9. The normalized spacial score (nSPS) is 11.6. The van der Waals surface area contributed by atoms with Crippen LogP contribution in [0.1, 0.15) is 114 Å². The van der Waals surface area contributed by atoms with Crippen LogP contribution in [0.4, 0.5) is 14.4 Å². The average molecular weight is 1460 g/mol. The van der Waals surface area contributed by atoms with Crippen LogP contribution in [0.5, 0.6) is 0 Å². The smallest absolute Gasteiger partial charge is 0.326 e. The summed E-state index contributed by atoms with van der Waals surface area (Å²) in [5.74, 6) is 0. The maximum absolute atomic E-state index is 12.6. The number of aromatic nitrogens is 13. The molecule has 110 heavy (non-hydrogen) atoms. The van der Waals surface area contributed by atoms with Crippen LogP contribution in [0.25, 0.3) is 110 Å². The number of rotatable bonds is 18. The quantitative estimate of drug-likeness (QED) is 0.0285. The van der Waals surface area contributed by atoms with Gasteiger partial charge in [0.2, 0.25) is 0 Å². The van der Waals surface area contributed by atoms with Crippen LogP contribution in [-0.2, 0) is 0 Å². The zero-order valence-corrected chi connectivity index (χ0v) is 60.9. The number of carbonyl (C=O) groups is 5. The Balaban J connectivity index is 0.000000128. The van der Waals surface area contributed by atoms with Crippen molar-refractivity contribution in [3.05, 3.63) is 290 Å². The van der Waals surface area contributed by atoms with Crippen molar-refractivity contribution in [3.8, 4) is 33.4 Å². The molecule has 0 bridgehead atoms. The molecule has 23 nitrogen and oxygen atoms in total. The van der Waals surface area contributed by atoms with Gasteiger partial charge in [-0.25, -0.2) is 29.3 Å². The Kier molecular flexibility index (Phi) is 24.1. The second kappa shape index (κ2) is 35.5. The lowest BCUT2D eigenvalue weighted by molar-refractivity contribution is 0.111. The molecule has 17 aromatic rings. The van der Waals surface area contributed by atoms with Crippen LogP contribution in [0.3, 0.4) is 0 Å². The van der Waals surface area contributed by atoms with E-state index in [1.165, 1.54) is 4.57 Å². The van der Waals surface area contributed by atoms with Crippen LogP contribution in [-0.4, -0.2) is 124 Å². The van der Waals surface area contributed by atoms with Crippen molar-refractivity contribution in [2.45, 2.75) is 71.5 Å². The van der Waals surface area contributed by atoms with E-state index in [2.05, 4.69) is 92.6 Å². The van der Waals surface area contributed by atoms with Gasteiger partial charge in [0.05, 0.1) is 16.6 Å². The lowest BCUT2D eigenvalue weighted by Crippen LogP contribution is -2.28. The summed E-state index contributed by atoms with van der Waals surface area (Å²) in [5, 5.41) is 37.8. The summed E-state index contributed by atoms with van der Waals surface area (Å²) in [6.07, 6.45) is 34.4. The Hall–Kier alpha value is -13.8. The molecule has 0 radical (unpaired) electrons. The Morgan fingerprint density at radius 3 is 1.25 bits per heavy atom. The largest absolute Gasteiger partial charge is 0.384 e. The van der Waals surface area contributed by atoms with Gasteiger partial charge in [-0.1, -0.05) is 107 Å². The third kappa shape index (κ3) is 16.7. The third-order valence-corrected chi connectivity index (χ3v) is 18.9.